The summed E-state index contributed by atoms with van der Waals surface area (Å²) in [4.78, 5) is 12.5. The molecule has 0 aromatic heterocycles. The lowest BCUT2D eigenvalue weighted by molar-refractivity contribution is 0.102. The van der Waals surface area contributed by atoms with Gasteiger partial charge >= 0.3 is 0 Å². The van der Waals surface area contributed by atoms with E-state index >= 15 is 0 Å². The van der Waals surface area contributed by atoms with Crippen LogP contribution in [0.15, 0.2) is 47.4 Å². The smallest absolute Gasteiger partial charge is 0.255 e. The van der Waals surface area contributed by atoms with Crippen LogP contribution < -0.4 is 10.1 Å². The highest BCUT2D eigenvalue weighted by Crippen LogP contribution is 2.22. The Balaban J connectivity index is 1.71. The van der Waals surface area contributed by atoms with Crippen molar-refractivity contribution in [2.24, 2.45) is 0 Å². The average Bonchev–Trinajstić information content (AvgIpc) is 2.68. The van der Waals surface area contributed by atoms with Crippen molar-refractivity contribution in [3.63, 3.8) is 0 Å². The van der Waals surface area contributed by atoms with Gasteiger partial charge in [-0.05, 0) is 55.0 Å². The number of amides is 1. The molecule has 156 valence electrons. The molecule has 1 aliphatic heterocycles. The topological polar surface area (TPSA) is 110 Å². The Morgan fingerprint density at radius 2 is 1.69 bits per heavy atom. The Morgan fingerprint density at radius 3 is 2.24 bits per heavy atom. The van der Waals surface area contributed by atoms with Crippen LogP contribution >= 0.6 is 0 Å². The van der Waals surface area contributed by atoms with Crippen LogP contribution in [-0.2, 0) is 19.9 Å². The number of hydrogen-bond donors (Lipinski definition) is 1. The predicted molar refractivity (Wildman–Crippen MR) is 110 cm³/mol. The lowest BCUT2D eigenvalue weighted by Crippen LogP contribution is -2.43. The first-order valence-corrected chi connectivity index (χ1v) is 12.2. The summed E-state index contributed by atoms with van der Waals surface area (Å²) in [5, 5.41) is 2.72. The third-order valence-corrected chi connectivity index (χ3v) is 8.23. The van der Waals surface area contributed by atoms with Crippen molar-refractivity contribution in [2.75, 3.05) is 37.0 Å². The monoisotopic (exact) mass is 438 g/mol. The number of nitrogens with one attached hydrogen (secondary N) is 1. The number of anilines is 1. The van der Waals surface area contributed by atoms with Gasteiger partial charge in [0.1, 0.15) is 5.75 Å². The van der Waals surface area contributed by atoms with E-state index in [9.17, 15) is 21.6 Å². The van der Waals surface area contributed by atoms with Gasteiger partial charge in [0.25, 0.3) is 5.91 Å². The number of benzene rings is 2. The molecule has 0 spiro atoms. The molecule has 0 radical (unpaired) electrons. The molecule has 0 aliphatic carbocycles. The molecule has 29 heavy (non-hydrogen) atoms. The third-order valence-electron chi connectivity index (χ3n) is 4.71. The lowest BCUT2D eigenvalue weighted by Gasteiger charge is -2.26. The van der Waals surface area contributed by atoms with E-state index in [1.54, 1.807) is 25.3 Å². The van der Waals surface area contributed by atoms with Crippen LogP contribution in [0.4, 0.5) is 5.69 Å². The molecule has 0 bridgehead atoms. The van der Waals surface area contributed by atoms with E-state index in [0.717, 1.165) is 5.56 Å². The third kappa shape index (κ3) is 4.77. The van der Waals surface area contributed by atoms with E-state index in [0.29, 0.717) is 17.0 Å². The summed E-state index contributed by atoms with van der Waals surface area (Å²) in [7, 11) is -5.40. The van der Waals surface area contributed by atoms with Gasteiger partial charge in [-0.25, -0.2) is 16.8 Å². The summed E-state index contributed by atoms with van der Waals surface area (Å²) in [6.45, 7) is 1.72. The van der Waals surface area contributed by atoms with Gasteiger partial charge in [-0.1, -0.05) is 0 Å². The minimum Gasteiger partial charge on any atom is -0.496 e. The molecule has 8 nitrogen and oxygen atoms in total. The molecule has 2 aromatic carbocycles. The Kier molecular flexibility index (Phi) is 5.97. The molecule has 1 aliphatic rings. The van der Waals surface area contributed by atoms with E-state index in [4.69, 9.17) is 4.74 Å². The molecular weight excluding hydrogens is 416 g/mol. The zero-order valence-corrected chi connectivity index (χ0v) is 17.7. The Bertz CT molecular complexity index is 1110. The summed E-state index contributed by atoms with van der Waals surface area (Å²) in [6.07, 6.45) is 0. The number of sulfone groups is 1. The SMILES string of the molecule is COc1ccc(C(=O)Nc2ccc(S(=O)(=O)N3CCS(=O)(=O)CC3)cc2)cc1C. The fourth-order valence-corrected chi connectivity index (χ4v) is 5.89. The van der Waals surface area contributed by atoms with Gasteiger partial charge in [0.05, 0.1) is 23.5 Å². The highest BCUT2D eigenvalue weighted by molar-refractivity contribution is 7.92. The van der Waals surface area contributed by atoms with Crippen molar-refractivity contribution in [3.8, 4) is 5.75 Å². The minimum atomic E-state index is -3.78. The van der Waals surface area contributed by atoms with E-state index in [-0.39, 0.29) is 35.4 Å². The molecule has 0 saturated carbocycles. The maximum atomic E-state index is 12.7. The van der Waals surface area contributed by atoms with Crippen molar-refractivity contribution in [3.05, 3.63) is 53.6 Å². The van der Waals surface area contributed by atoms with Crippen LogP contribution in [-0.4, -0.2) is 58.8 Å². The maximum absolute atomic E-state index is 12.7. The van der Waals surface area contributed by atoms with Gasteiger partial charge in [-0.15, -0.1) is 0 Å². The number of hydrogen-bond acceptors (Lipinski definition) is 6. The van der Waals surface area contributed by atoms with E-state index < -0.39 is 19.9 Å². The summed E-state index contributed by atoms with van der Waals surface area (Å²) in [5.41, 5.74) is 1.73. The van der Waals surface area contributed by atoms with E-state index in [2.05, 4.69) is 5.32 Å². The van der Waals surface area contributed by atoms with Gasteiger partial charge in [0.15, 0.2) is 9.84 Å². The number of rotatable bonds is 5. The molecule has 1 heterocycles. The Labute approximate surface area is 170 Å². The van der Waals surface area contributed by atoms with Crippen LogP contribution in [0.5, 0.6) is 5.75 Å². The summed E-state index contributed by atoms with van der Waals surface area (Å²) >= 11 is 0. The van der Waals surface area contributed by atoms with Crippen LogP contribution in [0.3, 0.4) is 0 Å². The standard InChI is InChI=1S/C19H22N2O6S2/c1-14-13-15(3-8-18(14)27-2)19(22)20-16-4-6-17(7-5-16)29(25,26)21-9-11-28(23,24)12-10-21/h3-8,13H,9-12H2,1-2H3,(H,20,22). The first-order chi connectivity index (χ1) is 13.6. The molecule has 1 N–H and O–H groups in total. The Morgan fingerprint density at radius 1 is 1.07 bits per heavy atom. The average molecular weight is 439 g/mol. The first kappa shape index (κ1) is 21.3. The first-order valence-electron chi connectivity index (χ1n) is 8.89. The summed E-state index contributed by atoms with van der Waals surface area (Å²) in [6, 6.07) is 10.9. The van der Waals surface area contributed by atoms with Crippen molar-refractivity contribution < 1.29 is 26.4 Å². The maximum Gasteiger partial charge on any atom is 0.255 e. The number of ether oxygens (including phenoxy) is 1. The largest absolute Gasteiger partial charge is 0.496 e. The van der Waals surface area contributed by atoms with Gasteiger partial charge in [-0.2, -0.15) is 4.31 Å². The van der Waals surface area contributed by atoms with Gasteiger partial charge in [0, 0.05) is 24.3 Å². The lowest BCUT2D eigenvalue weighted by atomic mass is 10.1. The fourth-order valence-electron chi connectivity index (χ4n) is 3.02. The molecule has 1 saturated heterocycles. The highest BCUT2D eigenvalue weighted by atomic mass is 32.2. The fraction of sp³-hybridized carbons (Fsp3) is 0.316. The van der Waals surface area contributed by atoms with Gasteiger partial charge in [0.2, 0.25) is 10.0 Å². The van der Waals surface area contributed by atoms with Crippen molar-refractivity contribution in [1.29, 1.82) is 0 Å². The van der Waals surface area contributed by atoms with E-state index in [1.165, 1.54) is 28.6 Å². The molecule has 10 heteroatoms. The molecule has 1 fully saturated rings. The van der Waals surface area contributed by atoms with Crippen LogP contribution in [0.1, 0.15) is 15.9 Å². The number of methoxy groups -OCH3 is 1. The van der Waals surface area contributed by atoms with Crippen LogP contribution in [0, 0.1) is 6.92 Å². The summed E-state index contributed by atoms with van der Waals surface area (Å²) < 4.78 is 54.7. The molecule has 2 aromatic rings. The molecular formula is C19H22N2O6S2. The second-order valence-corrected chi connectivity index (χ2v) is 11.0. The van der Waals surface area contributed by atoms with Crippen molar-refractivity contribution in [2.45, 2.75) is 11.8 Å². The number of sulfonamides is 1. The van der Waals surface area contributed by atoms with Crippen LogP contribution in [0.2, 0.25) is 0 Å². The quantitative estimate of drug-likeness (QED) is 0.761. The molecule has 0 unspecified atom stereocenters. The second-order valence-electron chi connectivity index (χ2n) is 6.72. The number of carbonyl (C=O) groups is 1. The number of carbonyl (C=O) groups excluding carboxylic acids is 1. The molecule has 0 atom stereocenters. The van der Waals surface area contributed by atoms with Crippen LogP contribution in [0.25, 0.3) is 0 Å². The van der Waals surface area contributed by atoms with Gasteiger partial charge < -0.3 is 10.1 Å². The zero-order chi connectivity index (χ0) is 21.2. The molecule has 3 rings (SSSR count). The van der Waals surface area contributed by atoms with Gasteiger partial charge in [-0.3, -0.25) is 4.79 Å². The normalized spacial score (nSPS) is 16.9. The predicted octanol–water partition coefficient (Wildman–Crippen LogP) is 1.68. The van der Waals surface area contributed by atoms with Crippen molar-refractivity contribution >= 4 is 31.5 Å². The Hall–Kier alpha value is -2.43. The minimum absolute atomic E-state index is 0.0510. The van der Waals surface area contributed by atoms with Crippen molar-refractivity contribution in [1.82, 2.24) is 4.31 Å². The second kappa shape index (κ2) is 8.13. The zero-order valence-electron chi connectivity index (χ0n) is 16.1. The highest BCUT2D eigenvalue weighted by Gasteiger charge is 2.31. The number of aryl methyl sites for hydroxylation is 1. The number of nitrogens with zero attached hydrogens (tertiary/aromatic N) is 1. The molecule has 1 amide bonds. The van der Waals surface area contributed by atoms with E-state index in [1.807, 2.05) is 6.92 Å². The summed E-state index contributed by atoms with van der Waals surface area (Å²) in [5.74, 6) is -0.00208.